The largest absolute Gasteiger partial charge is 0.466 e. The molecule has 0 spiro atoms. The van der Waals surface area contributed by atoms with Crippen LogP contribution in [0.1, 0.15) is 31.2 Å². The first-order valence-corrected chi connectivity index (χ1v) is 8.55. The van der Waals surface area contributed by atoms with Gasteiger partial charge in [-0.3, -0.25) is 15.0 Å². The zero-order valence-corrected chi connectivity index (χ0v) is 15.4. The van der Waals surface area contributed by atoms with E-state index in [-0.39, 0.29) is 29.8 Å². The summed E-state index contributed by atoms with van der Waals surface area (Å²) >= 11 is 4.80. The zero-order chi connectivity index (χ0) is 19.2. The monoisotopic (exact) mass is 381 g/mol. The molecule has 0 aliphatic rings. The summed E-state index contributed by atoms with van der Waals surface area (Å²) in [6.07, 6.45) is 1.47. The summed E-state index contributed by atoms with van der Waals surface area (Å²) in [5.41, 5.74) is 5.61. The summed E-state index contributed by atoms with van der Waals surface area (Å²) in [4.78, 5) is 34.1. The molecular formula is C17H23N3O5S. The van der Waals surface area contributed by atoms with E-state index >= 15 is 0 Å². The number of aryl methyl sites for hydroxylation is 1. The maximum Gasteiger partial charge on any atom is 0.425 e. The second-order valence-corrected chi connectivity index (χ2v) is 5.69. The second kappa shape index (κ2) is 12.6. The van der Waals surface area contributed by atoms with Crippen LogP contribution >= 0.6 is 12.2 Å². The number of hydrogen-bond donors (Lipinski definition) is 3. The van der Waals surface area contributed by atoms with Gasteiger partial charge in [-0.2, -0.15) is 0 Å². The molecule has 26 heavy (non-hydrogen) atoms. The molecule has 0 atom stereocenters. The SMILES string of the molecule is COC(=O)NNC(=S)NC(=O)CCCC(=O)OCCCc1ccccc1. The normalized spacial score (nSPS) is 9.73. The minimum Gasteiger partial charge on any atom is -0.466 e. The predicted octanol–water partition coefficient (Wildman–Crippen LogP) is 1.59. The van der Waals surface area contributed by atoms with Gasteiger partial charge in [0.15, 0.2) is 5.11 Å². The van der Waals surface area contributed by atoms with Crippen molar-refractivity contribution >= 4 is 35.3 Å². The van der Waals surface area contributed by atoms with E-state index in [1.165, 1.54) is 12.7 Å². The van der Waals surface area contributed by atoms with E-state index in [4.69, 9.17) is 17.0 Å². The molecule has 8 nitrogen and oxygen atoms in total. The molecule has 3 N–H and O–H groups in total. The first kappa shape index (κ1) is 21.4. The van der Waals surface area contributed by atoms with Gasteiger partial charge in [0, 0.05) is 12.8 Å². The summed E-state index contributed by atoms with van der Waals surface area (Å²) in [6, 6.07) is 9.96. The molecule has 0 saturated heterocycles. The average Bonchev–Trinajstić information content (AvgIpc) is 2.64. The van der Waals surface area contributed by atoms with Crippen LogP contribution in [0.4, 0.5) is 4.79 Å². The lowest BCUT2D eigenvalue weighted by molar-refractivity contribution is -0.143. The van der Waals surface area contributed by atoms with Crippen molar-refractivity contribution in [1.29, 1.82) is 0 Å². The number of carbonyl (C=O) groups is 3. The lowest BCUT2D eigenvalue weighted by Crippen LogP contribution is -2.48. The zero-order valence-electron chi connectivity index (χ0n) is 14.6. The highest BCUT2D eigenvalue weighted by molar-refractivity contribution is 7.80. The highest BCUT2D eigenvalue weighted by atomic mass is 32.1. The van der Waals surface area contributed by atoms with Gasteiger partial charge in [-0.15, -0.1) is 0 Å². The van der Waals surface area contributed by atoms with Gasteiger partial charge in [-0.05, 0) is 37.0 Å². The molecule has 0 fully saturated rings. The van der Waals surface area contributed by atoms with Crippen LogP contribution in [0.25, 0.3) is 0 Å². The quantitative estimate of drug-likeness (QED) is 0.272. The van der Waals surface area contributed by atoms with Crippen LogP contribution in [0, 0.1) is 0 Å². The highest BCUT2D eigenvalue weighted by Crippen LogP contribution is 2.03. The van der Waals surface area contributed by atoms with Gasteiger partial charge in [-0.1, -0.05) is 30.3 Å². The van der Waals surface area contributed by atoms with Gasteiger partial charge >= 0.3 is 12.1 Å². The lowest BCUT2D eigenvalue weighted by Gasteiger charge is -2.09. The third-order valence-corrected chi connectivity index (χ3v) is 3.42. The first-order valence-electron chi connectivity index (χ1n) is 8.14. The van der Waals surface area contributed by atoms with Crippen molar-refractivity contribution in [2.24, 2.45) is 0 Å². The van der Waals surface area contributed by atoms with Crippen LogP contribution in [0.3, 0.4) is 0 Å². The van der Waals surface area contributed by atoms with E-state index in [1.54, 1.807) is 0 Å². The molecule has 0 unspecified atom stereocenters. The number of amides is 2. The first-order chi connectivity index (χ1) is 12.5. The van der Waals surface area contributed by atoms with Crippen LogP contribution in [0.2, 0.25) is 0 Å². The fourth-order valence-corrected chi connectivity index (χ4v) is 2.12. The summed E-state index contributed by atoms with van der Waals surface area (Å²) in [7, 11) is 1.19. The molecule has 0 saturated carbocycles. The van der Waals surface area contributed by atoms with E-state index in [1.807, 2.05) is 30.3 Å². The number of carbonyl (C=O) groups excluding carboxylic acids is 3. The maximum absolute atomic E-state index is 11.6. The van der Waals surface area contributed by atoms with Gasteiger partial charge in [0.1, 0.15) is 0 Å². The molecule has 0 radical (unpaired) electrons. The Kier molecular flexibility index (Phi) is 10.4. The van der Waals surface area contributed by atoms with E-state index in [0.29, 0.717) is 13.0 Å². The number of ether oxygens (including phenoxy) is 2. The third-order valence-electron chi connectivity index (χ3n) is 3.22. The Morgan fingerprint density at radius 2 is 1.77 bits per heavy atom. The number of benzene rings is 1. The van der Waals surface area contributed by atoms with Crippen LogP contribution in [-0.2, 0) is 25.5 Å². The summed E-state index contributed by atoms with van der Waals surface area (Å²) in [5, 5.41) is 2.30. The molecule has 1 rings (SSSR count). The molecular weight excluding hydrogens is 358 g/mol. The van der Waals surface area contributed by atoms with Gasteiger partial charge in [-0.25, -0.2) is 10.2 Å². The standard InChI is InChI=1S/C17H23N3O5S/c1-24-17(23)20-19-16(26)18-14(21)10-5-11-15(22)25-12-6-9-13-7-3-2-4-8-13/h2-4,7-8H,5-6,9-12H2,1H3,(H,20,23)(H2,18,19,21,26). The summed E-state index contributed by atoms with van der Waals surface area (Å²) in [6.45, 7) is 0.354. The van der Waals surface area contributed by atoms with Crippen LogP contribution < -0.4 is 16.2 Å². The number of thiocarbonyl (C=S) groups is 1. The molecule has 9 heteroatoms. The van der Waals surface area contributed by atoms with Gasteiger partial charge < -0.3 is 14.8 Å². The summed E-state index contributed by atoms with van der Waals surface area (Å²) < 4.78 is 9.46. The number of esters is 1. The molecule has 0 heterocycles. The van der Waals surface area contributed by atoms with Crippen molar-refractivity contribution in [3.05, 3.63) is 35.9 Å². The topological polar surface area (TPSA) is 106 Å². The number of rotatable bonds is 8. The highest BCUT2D eigenvalue weighted by Gasteiger charge is 2.08. The van der Waals surface area contributed by atoms with Crippen molar-refractivity contribution in [1.82, 2.24) is 16.2 Å². The van der Waals surface area contributed by atoms with Gasteiger partial charge in [0.25, 0.3) is 0 Å². The molecule has 0 bridgehead atoms. The Morgan fingerprint density at radius 3 is 2.46 bits per heavy atom. The minimum atomic E-state index is -0.739. The van der Waals surface area contributed by atoms with Gasteiger partial charge in [0.2, 0.25) is 5.91 Å². The minimum absolute atomic E-state index is 0.0658. The van der Waals surface area contributed by atoms with Gasteiger partial charge in [0.05, 0.1) is 13.7 Å². The number of hydrogen-bond acceptors (Lipinski definition) is 6. The Balaban J connectivity index is 2.05. The molecule has 142 valence electrons. The molecule has 0 aromatic heterocycles. The fraction of sp³-hybridized carbons (Fsp3) is 0.412. The van der Waals surface area contributed by atoms with E-state index in [9.17, 15) is 14.4 Å². The van der Waals surface area contributed by atoms with Crippen LogP contribution in [0.5, 0.6) is 0 Å². The van der Waals surface area contributed by atoms with Crippen molar-refractivity contribution in [3.8, 4) is 0 Å². The summed E-state index contributed by atoms with van der Waals surface area (Å²) in [5.74, 6) is -0.704. The molecule has 1 aromatic rings. The fourth-order valence-electron chi connectivity index (χ4n) is 1.95. The third kappa shape index (κ3) is 10.2. The van der Waals surface area contributed by atoms with E-state index < -0.39 is 6.09 Å². The van der Waals surface area contributed by atoms with Crippen LogP contribution in [0.15, 0.2) is 30.3 Å². The Labute approximate surface area is 157 Å². The molecule has 2 amide bonds. The van der Waals surface area contributed by atoms with Crippen molar-refractivity contribution in [2.75, 3.05) is 13.7 Å². The molecule has 0 aliphatic carbocycles. The van der Waals surface area contributed by atoms with Crippen LogP contribution in [-0.4, -0.2) is 36.8 Å². The van der Waals surface area contributed by atoms with E-state index in [0.717, 1.165) is 12.8 Å². The van der Waals surface area contributed by atoms with E-state index in [2.05, 4.69) is 20.9 Å². The molecule has 0 aliphatic heterocycles. The second-order valence-electron chi connectivity index (χ2n) is 5.28. The smallest absolute Gasteiger partial charge is 0.425 e. The predicted molar refractivity (Wildman–Crippen MR) is 99.0 cm³/mol. The Bertz CT molecular complexity index is 610. The van der Waals surface area contributed by atoms with Crippen molar-refractivity contribution in [3.63, 3.8) is 0 Å². The Hall–Kier alpha value is -2.68. The molecule has 1 aromatic carbocycles. The van der Waals surface area contributed by atoms with Crippen molar-refractivity contribution in [2.45, 2.75) is 32.1 Å². The lowest BCUT2D eigenvalue weighted by atomic mass is 10.1. The maximum atomic E-state index is 11.6. The number of nitrogens with one attached hydrogen (secondary N) is 3. The average molecular weight is 381 g/mol. The number of hydrazine groups is 1. The van der Waals surface area contributed by atoms with Crippen molar-refractivity contribution < 1.29 is 23.9 Å². The Morgan fingerprint density at radius 1 is 1.04 bits per heavy atom. The number of methoxy groups -OCH3 is 1.